The Kier molecular flexibility index (Phi) is 5.09. The van der Waals surface area contributed by atoms with Gasteiger partial charge in [-0.2, -0.15) is 0 Å². The van der Waals surface area contributed by atoms with E-state index in [0.29, 0.717) is 34.5 Å². The average Bonchev–Trinajstić information content (AvgIpc) is 2.66. The maximum absolute atomic E-state index is 6.03. The van der Waals surface area contributed by atoms with Crippen molar-refractivity contribution in [2.75, 3.05) is 14.2 Å². The van der Waals surface area contributed by atoms with E-state index >= 15 is 0 Å². The highest BCUT2D eigenvalue weighted by Crippen LogP contribution is 2.38. The first-order valence-electron chi connectivity index (χ1n) is 7.94. The Hall–Kier alpha value is -3.14. The lowest BCUT2D eigenvalue weighted by Crippen LogP contribution is -1.95. The molecule has 4 nitrogen and oxygen atoms in total. The van der Waals surface area contributed by atoms with Gasteiger partial charge in [0.25, 0.3) is 0 Å². The van der Waals surface area contributed by atoms with Crippen molar-refractivity contribution < 1.29 is 18.9 Å². The maximum atomic E-state index is 6.03. The fourth-order valence-electron chi connectivity index (χ4n) is 2.46. The summed E-state index contributed by atoms with van der Waals surface area (Å²) in [6.07, 6.45) is 0. The first kappa shape index (κ1) is 16.7. The number of hydrogen-bond donors (Lipinski definition) is 0. The van der Waals surface area contributed by atoms with E-state index in [1.165, 1.54) is 0 Å². The minimum atomic E-state index is 0.655. The van der Waals surface area contributed by atoms with Crippen molar-refractivity contribution in [2.45, 2.75) is 6.92 Å². The molecule has 0 N–H and O–H groups in total. The molecule has 3 rings (SSSR count). The maximum Gasteiger partial charge on any atom is 0.169 e. The molecule has 128 valence electrons. The molecule has 0 bridgehead atoms. The quantitative estimate of drug-likeness (QED) is 0.587. The van der Waals surface area contributed by atoms with Gasteiger partial charge in [-0.05, 0) is 43.3 Å². The second-order valence-electron chi connectivity index (χ2n) is 5.39. The number of para-hydroxylation sites is 4. The summed E-state index contributed by atoms with van der Waals surface area (Å²) in [5.74, 6) is 4.08. The van der Waals surface area contributed by atoms with Crippen LogP contribution in [0.15, 0.2) is 66.7 Å². The predicted molar refractivity (Wildman–Crippen MR) is 97.3 cm³/mol. The van der Waals surface area contributed by atoms with Crippen LogP contribution in [-0.4, -0.2) is 14.2 Å². The third kappa shape index (κ3) is 3.69. The molecule has 0 unspecified atom stereocenters. The van der Waals surface area contributed by atoms with Gasteiger partial charge in [-0.25, -0.2) is 0 Å². The second-order valence-corrected chi connectivity index (χ2v) is 5.39. The van der Waals surface area contributed by atoms with E-state index in [2.05, 4.69) is 0 Å². The van der Waals surface area contributed by atoms with Crippen molar-refractivity contribution in [3.8, 4) is 34.5 Å². The molecule has 0 aliphatic rings. The molecule has 0 aliphatic heterocycles. The first-order valence-corrected chi connectivity index (χ1v) is 7.94. The van der Waals surface area contributed by atoms with Gasteiger partial charge in [0.15, 0.2) is 23.0 Å². The monoisotopic (exact) mass is 336 g/mol. The van der Waals surface area contributed by atoms with Crippen LogP contribution in [-0.2, 0) is 0 Å². The van der Waals surface area contributed by atoms with Crippen LogP contribution < -0.4 is 18.9 Å². The normalized spacial score (nSPS) is 10.2. The lowest BCUT2D eigenvalue weighted by molar-refractivity contribution is 0.371. The van der Waals surface area contributed by atoms with E-state index in [4.69, 9.17) is 18.9 Å². The molecule has 0 saturated carbocycles. The highest BCUT2D eigenvalue weighted by atomic mass is 16.5. The minimum Gasteiger partial charge on any atom is -0.493 e. The van der Waals surface area contributed by atoms with Crippen LogP contribution in [0.5, 0.6) is 34.5 Å². The van der Waals surface area contributed by atoms with Gasteiger partial charge in [-0.15, -0.1) is 0 Å². The predicted octanol–water partition coefficient (Wildman–Crippen LogP) is 5.60. The van der Waals surface area contributed by atoms with Crippen molar-refractivity contribution in [2.24, 2.45) is 0 Å². The lowest BCUT2D eigenvalue weighted by atomic mass is 10.2. The molecule has 0 fully saturated rings. The average molecular weight is 336 g/mol. The minimum absolute atomic E-state index is 0.655. The summed E-state index contributed by atoms with van der Waals surface area (Å²) in [7, 11) is 3.24. The summed E-state index contributed by atoms with van der Waals surface area (Å²) in [5.41, 5.74) is 0.888. The van der Waals surface area contributed by atoms with Crippen molar-refractivity contribution >= 4 is 0 Å². The van der Waals surface area contributed by atoms with Gasteiger partial charge < -0.3 is 18.9 Å². The smallest absolute Gasteiger partial charge is 0.169 e. The molecule has 3 aromatic rings. The topological polar surface area (TPSA) is 36.9 Å². The van der Waals surface area contributed by atoms with Crippen LogP contribution in [0, 0.1) is 6.92 Å². The summed E-state index contributed by atoms with van der Waals surface area (Å²) >= 11 is 0. The standard InChI is InChI=1S/C21H20O4/c1-15-16(24-20-11-6-4-9-18(20)22-2)13-8-14-17(15)25-21-12-7-5-10-19(21)23-3/h4-14H,1-3H3. The number of rotatable bonds is 6. The summed E-state index contributed by atoms with van der Waals surface area (Å²) in [6, 6.07) is 20.8. The van der Waals surface area contributed by atoms with Gasteiger partial charge in [0.1, 0.15) is 11.5 Å². The third-order valence-corrected chi connectivity index (χ3v) is 3.81. The number of benzene rings is 3. The van der Waals surface area contributed by atoms with Crippen LogP contribution >= 0.6 is 0 Å². The van der Waals surface area contributed by atoms with Crippen LogP contribution in [0.2, 0.25) is 0 Å². The Morgan fingerprint density at radius 1 is 0.480 bits per heavy atom. The van der Waals surface area contributed by atoms with Gasteiger partial charge in [0.2, 0.25) is 0 Å². The summed E-state index contributed by atoms with van der Waals surface area (Å²) in [6.45, 7) is 1.95. The molecule has 0 saturated heterocycles. The van der Waals surface area contributed by atoms with Crippen molar-refractivity contribution in [1.29, 1.82) is 0 Å². The summed E-state index contributed by atoms with van der Waals surface area (Å²) in [4.78, 5) is 0. The molecule has 0 radical (unpaired) electrons. The Morgan fingerprint density at radius 3 is 1.24 bits per heavy atom. The summed E-state index contributed by atoms with van der Waals surface area (Å²) in [5, 5.41) is 0. The molecule has 0 spiro atoms. The van der Waals surface area contributed by atoms with E-state index in [1.807, 2.05) is 73.7 Å². The molecule has 0 atom stereocenters. The van der Waals surface area contributed by atoms with Crippen molar-refractivity contribution in [3.63, 3.8) is 0 Å². The molecular weight excluding hydrogens is 316 g/mol. The zero-order valence-corrected chi connectivity index (χ0v) is 14.5. The molecule has 0 heterocycles. The van der Waals surface area contributed by atoms with Gasteiger partial charge in [0, 0.05) is 5.56 Å². The highest BCUT2D eigenvalue weighted by Gasteiger charge is 2.12. The molecule has 4 heteroatoms. The molecule has 25 heavy (non-hydrogen) atoms. The first-order chi connectivity index (χ1) is 12.2. The SMILES string of the molecule is COc1ccccc1Oc1cccc(Oc2ccccc2OC)c1C. The van der Waals surface area contributed by atoms with Gasteiger partial charge in [-0.3, -0.25) is 0 Å². The largest absolute Gasteiger partial charge is 0.493 e. The van der Waals surface area contributed by atoms with Gasteiger partial charge >= 0.3 is 0 Å². The molecule has 0 aliphatic carbocycles. The Morgan fingerprint density at radius 2 is 0.840 bits per heavy atom. The van der Waals surface area contributed by atoms with E-state index < -0.39 is 0 Å². The Bertz CT molecular complexity index is 790. The van der Waals surface area contributed by atoms with Crippen LogP contribution in [0.25, 0.3) is 0 Å². The van der Waals surface area contributed by atoms with Crippen molar-refractivity contribution in [1.82, 2.24) is 0 Å². The Labute approximate surface area is 147 Å². The fraction of sp³-hybridized carbons (Fsp3) is 0.143. The lowest BCUT2D eigenvalue weighted by Gasteiger charge is -2.15. The zero-order valence-electron chi connectivity index (χ0n) is 14.5. The van der Waals surface area contributed by atoms with Crippen LogP contribution in [0.4, 0.5) is 0 Å². The van der Waals surface area contributed by atoms with Gasteiger partial charge in [0.05, 0.1) is 14.2 Å². The van der Waals surface area contributed by atoms with E-state index in [1.54, 1.807) is 14.2 Å². The van der Waals surface area contributed by atoms with Crippen molar-refractivity contribution in [3.05, 3.63) is 72.3 Å². The molecule has 0 amide bonds. The summed E-state index contributed by atoms with van der Waals surface area (Å²) < 4.78 is 22.7. The van der Waals surface area contributed by atoms with Gasteiger partial charge in [-0.1, -0.05) is 30.3 Å². The number of ether oxygens (including phenoxy) is 4. The third-order valence-electron chi connectivity index (χ3n) is 3.81. The van der Waals surface area contributed by atoms with E-state index in [-0.39, 0.29) is 0 Å². The number of methoxy groups -OCH3 is 2. The van der Waals surface area contributed by atoms with E-state index in [9.17, 15) is 0 Å². The Balaban J connectivity index is 1.90. The molecule has 3 aromatic carbocycles. The number of hydrogen-bond acceptors (Lipinski definition) is 4. The second kappa shape index (κ2) is 7.62. The molecule has 0 aromatic heterocycles. The van der Waals surface area contributed by atoms with Crippen LogP contribution in [0.3, 0.4) is 0 Å². The highest BCUT2D eigenvalue weighted by molar-refractivity contribution is 5.51. The van der Waals surface area contributed by atoms with Crippen LogP contribution in [0.1, 0.15) is 5.56 Å². The molecular formula is C21H20O4. The zero-order chi connectivity index (χ0) is 17.6. The fourth-order valence-corrected chi connectivity index (χ4v) is 2.46. The van der Waals surface area contributed by atoms with E-state index in [0.717, 1.165) is 5.56 Å².